The van der Waals surface area contributed by atoms with Crippen molar-refractivity contribution in [1.82, 2.24) is 9.62 Å². The summed E-state index contributed by atoms with van der Waals surface area (Å²) in [6.07, 6.45) is 7.32. The molecule has 0 unspecified atom stereocenters. The van der Waals surface area contributed by atoms with Gasteiger partial charge >= 0.3 is 0 Å². The van der Waals surface area contributed by atoms with E-state index in [1.807, 2.05) is 0 Å². The van der Waals surface area contributed by atoms with Crippen LogP contribution in [0.3, 0.4) is 0 Å². The van der Waals surface area contributed by atoms with Crippen LogP contribution in [0.5, 0.6) is 5.75 Å². The smallest absolute Gasteiger partial charge is 0.257 e. The van der Waals surface area contributed by atoms with E-state index in [-0.39, 0.29) is 22.4 Å². The summed E-state index contributed by atoms with van der Waals surface area (Å²) in [6.45, 7) is 1.93. The number of ether oxygens (including phenoxy) is 2. The summed E-state index contributed by atoms with van der Waals surface area (Å²) in [6, 6.07) is 4.44. The number of carbonyl (C=O) groups excluding carboxylic acids is 1. The molecule has 7 nitrogen and oxygen atoms in total. The molecule has 0 aromatic heterocycles. The topological polar surface area (TPSA) is 84.9 Å². The van der Waals surface area contributed by atoms with Crippen molar-refractivity contribution in [3.63, 3.8) is 0 Å². The molecule has 0 radical (unpaired) electrons. The zero-order chi connectivity index (χ0) is 20.0. The number of sulfonamides is 1. The van der Waals surface area contributed by atoms with Crippen LogP contribution in [0.25, 0.3) is 0 Å². The molecule has 2 fully saturated rings. The fourth-order valence-corrected chi connectivity index (χ4v) is 5.15. The highest BCUT2D eigenvalue weighted by Gasteiger charge is 2.26. The van der Waals surface area contributed by atoms with E-state index in [4.69, 9.17) is 9.47 Å². The molecule has 1 heterocycles. The lowest BCUT2D eigenvalue weighted by molar-refractivity contribution is 0.0300. The average molecular weight is 411 g/mol. The minimum atomic E-state index is -3.70. The Morgan fingerprint density at radius 3 is 2.39 bits per heavy atom. The van der Waals surface area contributed by atoms with Gasteiger partial charge < -0.3 is 14.4 Å². The number of nitrogens with zero attached hydrogens (tertiary/aromatic N) is 1. The maximum Gasteiger partial charge on any atom is 0.257 e. The van der Waals surface area contributed by atoms with Crippen LogP contribution in [0.1, 0.15) is 55.3 Å². The first kappa shape index (κ1) is 21.1. The predicted octanol–water partition coefficient (Wildman–Crippen LogP) is 2.56. The van der Waals surface area contributed by atoms with Crippen LogP contribution in [-0.4, -0.2) is 58.7 Å². The van der Waals surface area contributed by atoms with Gasteiger partial charge in [0.1, 0.15) is 5.75 Å². The highest BCUT2D eigenvalue weighted by molar-refractivity contribution is 7.89. The number of hydrogen-bond donors (Lipinski definition) is 1. The van der Waals surface area contributed by atoms with Crippen LogP contribution in [0.15, 0.2) is 23.1 Å². The largest absolute Gasteiger partial charge is 0.496 e. The highest BCUT2D eigenvalue weighted by atomic mass is 32.2. The number of benzene rings is 1. The Morgan fingerprint density at radius 2 is 1.75 bits per heavy atom. The molecule has 3 rings (SSSR count). The Bertz CT molecular complexity index is 767. The standard InChI is InChI=1S/C20H30N2O5S/c1-26-19-10-9-17(15-18(19)20(23)22-11-13-27-14-12-22)28(24,25)21-16-7-5-3-2-4-6-8-16/h9-10,15-16,21H,2-8,11-14H2,1H3. The second-order valence-electron chi connectivity index (χ2n) is 7.43. The zero-order valence-electron chi connectivity index (χ0n) is 16.5. The van der Waals surface area contributed by atoms with Crippen LogP contribution < -0.4 is 9.46 Å². The third-order valence-corrected chi connectivity index (χ3v) is 6.96. The van der Waals surface area contributed by atoms with Crippen molar-refractivity contribution in [1.29, 1.82) is 0 Å². The third kappa shape index (κ3) is 5.24. The summed E-state index contributed by atoms with van der Waals surface area (Å²) < 4.78 is 39.4. The first-order chi connectivity index (χ1) is 13.5. The van der Waals surface area contributed by atoms with Crippen molar-refractivity contribution in [3.05, 3.63) is 23.8 Å². The molecule has 8 heteroatoms. The zero-order valence-corrected chi connectivity index (χ0v) is 17.3. The summed E-state index contributed by atoms with van der Waals surface area (Å²) in [7, 11) is -2.22. The lowest BCUT2D eigenvalue weighted by Gasteiger charge is -2.27. The molecule has 1 aromatic rings. The second-order valence-corrected chi connectivity index (χ2v) is 9.14. The molecule has 0 atom stereocenters. The Kier molecular flexibility index (Phi) is 7.31. The van der Waals surface area contributed by atoms with Gasteiger partial charge in [-0.05, 0) is 31.0 Å². The van der Waals surface area contributed by atoms with Gasteiger partial charge in [0.25, 0.3) is 5.91 Å². The molecule has 1 saturated heterocycles. The molecule has 1 amide bonds. The maximum absolute atomic E-state index is 13.0. The van der Waals surface area contributed by atoms with E-state index in [0.717, 1.165) is 38.5 Å². The number of amides is 1. The number of hydrogen-bond acceptors (Lipinski definition) is 5. The average Bonchev–Trinajstić information content (AvgIpc) is 2.69. The van der Waals surface area contributed by atoms with E-state index in [1.54, 1.807) is 11.0 Å². The quantitative estimate of drug-likeness (QED) is 0.806. The van der Waals surface area contributed by atoms with Crippen molar-refractivity contribution in [3.8, 4) is 5.75 Å². The summed E-state index contributed by atoms with van der Waals surface area (Å²) >= 11 is 0. The molecule has 0 bridgehead atoms. The number of carbonyl (C=O) groups is 1. The minimum Gasteiger partial charge on any atom is -0.496 e. The monoisotopic (exact) mass is 410 g/mol. The normalized spacial score (nSPS) is 19.7. The van der Waals surface area contributed by atoms with Crippen LogP contribution in [0.4, 0.5) is 0 Å². The van der Waals surface area contributed by atoms with Gasteiger partial charge in [0.05, 0.1) is 30.8 Å². The molecule has 2 aliphatic rings. The van der Waals surface area contributed by atoms with Gasteiger partial charge in [-0.2, -0.15) is 0 Å². The van der Waals surface area contributed by atoms with Gasteiger partial charge in [-0.3, -0.25) is 4.79 Å². The Hall–Kier alpha value is -1.64. The van der Waals surface area contributed by atoms with Gasteiger partial charge in [0.2, 0.25) is 10.0 Å². The van der Waals surface area contributed by atoms with E-state index < -0.39 is 10.0 Å². The van der Waals surface area contributed by atoms with Gasteiger partial charge in [-0.1, -0.05) is 32.1 Å². The molecule has 28 heavy (non-hydrogen) atoms. The van der Waals surface area contributed by atoms with Crippen molar-refractivity contribution >= 4 is 15.9 Å². The fourth-order valence-electron chi connectivity index (χ4n) is 3.82. The number of rotatable bonds is 5. The first-order valence-electron chi connectivity index (χ1n) is 10.1. The van der Waals surface area contributed by atoms with Gasteiger partial charge in [-0.25, -0.2) is 13.1 Å². The third-order valence-electron chi connectivity index (χ3n) is 5.44. The second kappa shape index (κ2) is 9.71. The molecule has 1 aliphatic heterocycles. The van der Waals surface area contributed by atoms with Gasteiger partial charge in [0, 0.05) is 19.1 Å². The molecular formula is C20H30N2O5S. The molecule has 156 valence electrons. The van der Waals surface area contributed by atoms with Crippen molar-refractivity contribution in [2.24, 2.45) is 0 Å². The van der Waals surface area contributed by atoms with Crippen molar-refractivity contribution in [2.45, 2.75) is 55.9 Å². The maximum atomic E-state index is 13.0. The summed E-state index contributed by atoms with van der Waals surface area (Å²) in [4.78, 5) is 14.7. The van der Waals surface area contributed by atoms with E-state index in [2.05, 4.69) is 4.72 Å². The van der Waals surface area contributed by atoms with Crippen LogP contribution in [-0.2, 0) is 14.8 Å². The number of methoxy groups -OCH3 is 1. The van der Waals surface area contributed by atoms with E-state index in [9.17, 15) is 13.2 Å². The van der Waals surface area contributed by atoms with Crippen molar-refractivity contribution in [2.75, 3.05) is 33.4 Å². The summed E-state index contributed by atoms with van der Waals surface area (Å²) in [5.74, 6) is 0.143. The Morgan fingerprint density at radius 1 is 1.11 bits per heavy atom. The van der Waals surface area contributed by atoms with Gasteiger partial charge in [-0.15, -0.1) is 0 Å². The SMILES string of the molecule is COc1ccc(S(=O)(=O)NC2CCCCCCC2)cc1C(=O)N1CCOCC1. The molecule has 0 spiro atoms. The van der Waals surface area contributed by atoms with Crippen molar-refractivity contribution < 1.29 is 22.7 Å². The van der Waals surface area contributed by atoms with E-state index in [1.165, 1.54) is 25.7 Å². The van der Waals surface area contributed by atoms with Crippen LogP contribution in [0, 0.1) is 0 Å². The predicted molar refractivity (Wildman–Crippen MR) is 106 cm³/mol. The number of morpholine rings is 1. The number of nitrogens with one attached hydrogen (secondary N) is 1. The fraction of sp³-hybridized carbons (Fsp3) is 0.650. The molecule has 1 aliphatic carbocycles. The Labute approximate surface area is 167 Å². The molecule has 1 N–H and O–H groups in total. The summed E-state index contributed by atoms with van der Waals surface area (Å²) in [5.41, 5.74) is 0.268. The lowest BCUT2D eigenvalue weighted by Crippen LogP contribution is -2.41. The van der Waals surface area contributed by atoms with Gasteiger partial charge in [0.15, 0.2) is 0 Å². The minimum absolute atomic E-state index is 0.0502. The first-order valence-corrected chi connectivity index (χ1v) is 11.6. The highest BCUT2D eigenvalue weighted by Crippen LogP contribution is 2.25. The van der Waals surface area contributed by atoms with E-state index >= 15 is 0 Å². The van der Waals surface area contributed by atoms with E-state index in [0.29, 0.717) is 32.1 Å². The lowest BCUT2D eigenvalue weighted by atomic mass is 9.97. The molecule has 1 aromatic carbocycles. The van der Waals surface area contributed by atoms with Crippen LogP contribution in [0.2, 0.25) is 0 Å². The molecule has 1 saturated carbocycles. The Balaban J connectivity index is 1.81. The molecular weight excluding hydrogens is 380 g/mol. The summed E-state index contributed by atoms with van der Waals surface area (Å²) in [5, 5.41) is 0. The van der Waals surface area contributed by atoms with Crippen LogP contribution >= 0.6 is 0 Å².